The Hall–Kier alpha value is -2.24. The molecule has 1 aliphatic rings. The standard InChI is InChI=1S/C20H30N2O4/c1-5-26-20(24)22-12-6-7-16(13-22)19(23)21-18(14(2)3)15-8-10-17(25-4)11-9-15/h8-11,14,16,18H,5-7,12-13H2,1-4H3,(H,21,23). The predicted molar refractivity (Wildman–Crippen MR) is 100 cm³/mol. The maximum Gasteiger partial charge on any atom is 0.409 e. The lowest BCUT2D eigenvalue weighted by Gasteiger charge is -2.33. The van der Waals surface area contributed by atoms with Crippen LogP contribution in [0.1, 0.15) is 45.2 Å². The molecular formula is C20H30N2O4. The van der Waals surface area contributed by atoms with Gasteiger partial charge in [-0.15, -0.1) is 0 Å². The van der Waals surface area contributed by atoms with Crippen LogP contribution in [0, 0.1) is 11.8 Å². The van der Waals surface area contributed by atoms with Crippen LogP contribution in [0.3, 0.4) is 0 Å². The van der Waals surface area contributed by atoms with Crippen LogP contribution in [0.2, 0.25) is 0 Å². The van der Waals surface area contributed by atoms with E-state index in [1.54, 1.807) is 18.9 Å². The molecule has 1 aliphatic heterocycles. The first kappa shape index (κ1) is 20.1. The first-order chi connectivity index (χ1) is 12.5. The molecule has 0 spiro atoms. The molecule has 144 valence electrons. The van der Waals surface area contributed by atoms with Gasteiger partial charge in [0.2, 0.25) is 5.91 Å². The third-order valence-electron chi connectivity index (χ3n) is 4.76. The van der Waals surface area contributed by atoms with E-state index in [4.69, 9.17) is 9.47 Å². The van der Waals surface area contributed by atoms with Gasteiger partial charge >= 0.3 is 6.09 Å². The second-order valence-corrected chi connectivity index (χ2v) is 6.99. The van der Waals surface area contributed by atoms with Gasteiger partial charge in [-0.1, -0.05) is 26.0 Å². The second-order valence-electron chi connectivity index (χ2n) is 6.99. The van der Waals surface area contributed by atoms with Gasteiger partial charge in [0, 0.05) is 13.1 Å². The van der Waals surface area contributed by atoms with Crippen LogP contribution in [-0.4, -0.2) is 43.7 Å². The molecule has 1 N–H and O–H groups in total. The van der Waals surface area contributed by atoms with Crippen LogP contribution >= 0.6 is 0 Å². The number of piperidine rings is 1. The predicted octanol–water partition coefficient (Wildman–Crippen LogP) is 3.38. The van der Waals surface area contributed by atoms with E-state index >= 15 is 0 Å². The number of carbonyl (C=O) groups is 2. The molecule has 0 aromatic heterocycles. The van der Waals surface area contributed by atoms with Gasteiger partial charge in [-0.25, -0.2) is 4.79 Å². The third-order valence-corrected chi connectivity index (χ3v) is 4.76. The monoisotopic (exact) mass is 362 g/mol. The molecule has 0 saturated carbocycles. The van der Waals surface area contributed by atoms with Gasteiger partial charge in [0.25, 0.3) is 0 Å². The van der Waals surface area contributed by atoms with E-state index in [2.05, 4.69) is 19.2 Å². The molecule has 6 nitrogen and oxygen atoms in total. The molecule has 0 radical (unpaired) electrons. The highest BCUT2D eigenvalue weighted by atomic mass is 16.6. The van der Waals surface area contributed by atoms with Crippen LogP contribution in [0.5, 0.6) is 5.75 Å². The Morgan fingerprint density at radius 2 is 1.96 bits per heavy atom. The summed E-state index contributed by atoms with van der Waals surface area (Å²) < 4.78 is 10.3. The SMILES string of the molecule is CCOC(=O)N1CCCC(C(=O)NC(c2ccc(OC)cc2)C(C)C)C1. The average Bonchev–Trinajstić information content (AvgIpc) is 2.66. The quantitative estimate of drug-likeness (QED) is 0.842. The fourth-order valence-corrected chi connectivity index (χ4v) is 3.29. The zero-order valence-electron chi connectivity index (χ0n) is 16.2. The molecule has 2 amide bonds. The molecule has 2 rings (SSSR count). The Kier molecular flexibility index (Phi) is 7.30. The van der Waals surface area contributed by atoms with E-state index in [-0.39, 0.29) is 29.9 Å². The lowest BCUT2D eigenvalue weighted by molar-refractivity contribution is -0.127. The topological polar surface area (TPSA) is 67.9 Å². The number of nitrogens with zero attached hydrogens (tertiary/aromatic N) is 1. The molecule has 1 heterocycles. The minimum atomic E-state index is -0.333. The third kappa shape index (κ3) is 5.13. The summed E-state index contributed by atoms with van der Waals surface area (Å²) >= 11 is 0. The zero-order chi connectivity index (χ0) is 19.1. The van der Waals surface area contributed by atoms with E-state index in [9.17, 15) is 9.59 Å². The number of rotatable bonds is 6. The Morgan fingerprint density at radius 1 is 1.27 bits per heavy atom. The van der Waals surface area contributed by atoms with Crippen LogP contribution in [0.4, 0.5) is 4.79 Å². The van der Waals surface area contributed by atoms with Gasteiger partial charge in [0.1, 0.15) is 5.75 Å². The van der Waals surface area contributed by atoms with E-state index in [1.165, 1.54) is 0 Å². The van der Waals surface area contributed by atoms with Crippen molar-refractivity contribution in [3.63, 3.8) is 0 Å². The van der Waals surface area contributed by atoms with Gasteiger partial charge in [-0.2, -0.15) is 0 Å². The van der Waals surface area contributed by atoms with Crippen molar-refractivity contribution >= 4 is 12.0 Å². The number of amides is 2. The lowest BCUT2D eigenvalue weighted by Crippen LogP contribution is -2.46. The number of carbonyl (C=O) groups excluding carboxylic acids is 2. The molecule has 1 saturated heterocycles. The number of benzene rings is 1. The molecule has 0 bridgehead atoms. The Labute approximate surface area is 155 Å². The molecule has 1 aromatic rings. The number of nitrogens with one attached hydrogen (secondary N) is 1. The van der Waals surface area contributed by atoms with Crippen molar-refractivity contribution in [2.75, 3.05) is 26.8 Å². The first-order valence-electron chi connectivity index (χ1n) is 9.32. The molecule has 0 aliphatic carbocycles. The summed E-state index contributed by atoms with van der Waals surface area (Å²) in [6.07, 6.45) is 1.27. The highest BCUT2D eigenvalue weighted by Crippen LogP contribution is 2.25. The summed E-state index contributed by atoms with van der Waals surface area (Å²) in [7, 11) is 1.63. The molecule has 2 atom stereocenters. The van der Waals surface area contributed by atoms with Crippen molar-refractivity contribution in [3.8, 4) is 5.75 Å². The number of hydrogen-bond donors (Lipinski definition) is 1. The minimum absolute atomic E-state index is 0.00600. The summed E-state index contributed by atoms with van der Waals surface area (Å²) in [6, 6.07) is 7.69. The van der Waals surface area contributed by atoms with Crippen LogP contribution in [0.25, 0.3) is 0 Å². The van der Waals surface area contributed by atoms with Gasteiger partial charge < -0.3 is 19.7 Å². The van der Waals surface area contributed by atoms with Crippen LogP contribution in [-0.2, 0) is 9.53 Å². The van der Waals surface area contributed by atoms with Gasteiger partial charge in [0.15, 0.2) is 0 Å². The number of ether oxygens (including phenoxy) is 2. The van der Waals surface area contributed by atoms with Crippen molar-refractivity contribution in [2.24, 2.45) is 11.8 Å². The largest absolute Gasteiger partial charge is 0.497 e. The fraction of sp³-hybridized carbons (Fsp3) is 0.600. The fourth-order valence-electron chi connectivity index (χ4n) is 3.29. The summed E-state index contributed by atoms with van der Waals surface area (Å²) in [4.78, 5) is 26.4. The summed E-state index contributed by atoms with van der Waals surface area (Å²) in [5.74, 6) is 0.832. The highest BCUT2D eigenvalue weighted by Gasteiger charge is 2.31. The Bertz CT molecular complexity index is 600. The smallest absolute Gasteiger partial charge is 0.409 e. The van der Waals surface area contributed by atoms with Crippen molar-refractivity contribution in [2.45, 2.75) is 39.7 Å². The maximum absolute atomic E-state index is 12.8. The molecule has 6 heteroatoms. The number of likely N-dealkylation sites (tertiary alicyclic amines) is 1. The molecule has 1 fully saturated rings. The average molecular weight is 362 g/mol. The molecule has 26 heavy (non-hydrogen) atoms. The zero-order valence-corrected chi connectivity index (χ0v) is 16.2. The summed E-state index contributed by atoms with van der Waals surface area (Å²) in [6.45, 7) is 7.36. The van der Waals surface area contributed by atoms with Gasteiger partial charge in [0.05, 0.1) is 25.7 Å². The minimum Gasteiger partial charge on any atom is -0.497 e. The van der Waals surface area contributed by atoms with Crippen molar-refractivity contribution in [1.82, 2.24) is 10.2 Å². The Balaban J connectivity index is 2.03. The van der Waals surface area contributed by atoms with E-state index in [0.29, 0.717) is 19.7 Å². The summed E-state index contributed by atoms with van der Waals surface area (Å²) in [5, 5.41) is 3.17. The van der Waals surface area contributed by atoms with Crippen molar-refractivity contribution < 1.29 is 19.1 Å². The normalized spacial score (nSPS) is 18.3. The van der Waals surface area contributed by atoms with Gasteiger partial charge in [-0.05, 0) is 43.4 Å². The van der Waals surface area contributed by atoms with Crippen LogP contribution in [0.15, 0.2) is 24.3 Å². The van der Waals surface area contributed by atoms with E-state index in [1.807, 2.05) is 24.3 Å². The van der Waals surface area contributed by atoms with E-state index < -0.39 is 0 Å². The maximum atomic E-state index is 12.8. The molecular weight excluding hydrogens is 332 g/mol. The number of methoxy groups -OCH3 is 1. The van der Waals surface area contributed by atoms with Crippen molar-refractivity contribution in [3.05, 3.63) is 29.8 Å². The molecule has 2 unspecified atom stereocenters. The summed E-state index contributed by atoms with van der Waals surface area (Å²) in [5.41, 5.74) is 1.05. The Morgan fingerprint density at radius 3 is 2.54 bits per heavy atom. The van der Waals surface area contributed by atoms with Crippen molar-refractivity contribution in [1.29, 1.82) is 0 Å². The van der Waals surface area contributed by atoms with Crippen LogP contribution < -0.4 is 10.1 Å². The highest BCUT2D eigenvalue weighted by molar-refractivity contribution is 5.80. The van der Waals surface area contributed by atoms with E-state index in [0.717, 1.165) is 24.2 Å². The lowest BCUT2D eigenvalue weighted by atomic mass is 9.93. The number of hydrogen-bond acceptors (Lipinski definition) is 4. The first-order valence-corrected chi connectivity index (χ1v) is 9.32. The van der Waals surface area contributed by atoms with Gasteiger partial charge in [-0.3, -0.25) is 4.79 Å². The second kappa shape index (κ2) is 9.46. The molecule has 1 aromatic carbocycles.